The van der Waals surface area contributed by atoms with Crippen molar-refractivity contribution in [2.45, 2.75) is 42.1 Å². The van der Waals surface area contributed by atoms with E-state index in [-0.39, 0.29) is 4.90 Å². The number of ether oxygens (including phenoxy) is 2. The van der Waals surface area contributed by atoms with Gasteiger partial charge in [-0.3, -0.25) is 4.79 Å². The summed E-state index contributed by atoms with van der Waals surface area (Å²) >= 11 is 0. The van der Waals surface area contributed by atoms with Crippen molar-refractivity contribution < 1.29 is 22.7 Å². The van der Waals surface area contributed by atoms with E-state index in [1.807, 2.05) is 13.8 Å². The molecule has 1 amide bonds. The van der Waals surface area contributed by atoms with Gasteiger partial charge in [0.2, 0.25) is 5.91 Å². The SMILES string of the molecule is COc1ccc2c(c1)[C@H]1C[C@](C)(O2)N(C)C(=O)[C@@H]1S(=O)(=O)c1ccc(C)cc1. The first-order valence-corrected chi connectivity index (χ1v) is 10.7. The molecular weight excluding hydrogens is 378 g/mol. The number of hydrogen-bond donors (Lipinski definition) is 0. The quantitative estimate of drug-likeness (QED) is 0.791. The van der Waals surface area contributed by atoms with E-state index in [0.29, 0.717) is 23.5 Å². The zero-order valence-electron chi connectivity index (χ0n) is 16.3. The lowest BCUT2D eigenvalue weighted by Crippen LogP contribution is -2.64. The van der Waals surface area contributed by atoms with Crippen molar-refractivity contribution in [2.75, 3.05) is 14.2 Å². The molecule has 28 heavy (non-hydrogen) atoms. The van der Waals surface area contributed by atoms with Gasteiger partial charge in [0, 0.05) is 24.9 Å². The van der Waals surface area contributed by atoms with Gasteiger partial charge in [0.05, 0.1) is 12.0 Å². The molecule has 2 aromatic rings. The van der Waals surface area contributed by atoms with Crippen LogP contribution in [0.1, 0.15) is 30.4 Å². The van der Waals surface area contributed by atoms with Crippen LogP contribution in [0.4, 0.5) is 0 Å². The van der Waals surface area contributed by atoms with Gasteiger partial charge >= 0.3 is 0 Å². The van der Waals surface area contributed by atoms with Gasteiger partial charge in [-0.2, -0.15) is 0 Å². The lowest BCUT2D eigenvalue weighted by atomic mass is 9.80. The Morgan fingerprint density at radius 2 is 1.86 bits per heavy atom. The fraction of sp³-hybridized carbons (Fsp3) is 0.381. The smallest absolute Gasteiger partial charge is 0.244 e. The third-order valence-corrected chi connectivity index (χ3v) is 8.01. The van der Waals surface area contributed by atoms with Crippen molar-refractivity contribution in [3.05, 3.63) is 53.6 Å². The van der Waals surface area contributed by atoms with Crippen molar-refractivity contribution in [3.63, 3.8) is 0 Å². The van der Waals surface area contributed by atoms with Gasteiger partial charge in [-0.15, -0.1) is 0 Å². The van der Waals surface area contributed by atoms with Gasteiger partial charge in [0.25, 0.3) is 0 Å². The summed E-state index contributed by atoms with van der Waals surface area (Å²) in [4.78, 5) is 14.8. The Hall–Kier alpha value is -2.54. The Labute approximate surface area is 165 Å². The second-order valence-corrected chi connectivity index (χ2v) is 9.74. The number of aryl methyl sites for hydroxylation is 1. The number of rotatable bonds is 3. The molecule has 1 saturated heterocycles. The number of methoxy groups -OCH3 is 1. The zero-order chi connectivity index (χ0) is 20.3. The number of piperidine rings is 1. The summed E-state index contributed by atoms with van der Waals surface area (Å²) in [6, 6.07) is 11.9. The summed E-state index contributed by atoms with van der Waals surface area (Å²) in [7, 11) is -0.735. The summed E-state index contributed by atoms with van der Waals surface area (Å²) in [6.45, 7) is 3.71. The third-order valence-electron chi connectivity index (χ3n) is 5.88. The van der Waals surface area contributed by atoms with Crippen molar-refractivity contribution in [3.8, 4) is 11.5 Å². The maximum atomic E-state index is 13.5. The van der Waals surface area contributed by atoms with Crippen LogP contribution in [0.5, 0.6) is 11.5 Å². The monoisotopic (exact) mass is 401 g/mol. The van der Waals surface area contributed by atoms with Crippen molar-refractivity contribution in [1.82, 2.24) is 4.90 Å². The molecule has 3 atom stereocenters. The molecule has 0 saturated carbocycles. The van der Waals surface area contributed by atoms with Crippen molar-refractivity contribution in [2.24, 2.45) is 0 Å². The second-order valence-electron chi connectivity index (χ2n) is 7.67. The van der Waals surface area contributed by atoms with E-state index < -0.39 is 32.6 Å². The fourth-order valence-corrected chi connectivity index (χ4v) is 6.04. The Bertz CT molecular complexity index is 1050. The van der Waals surface area contributed by atoms with Crippen LogP contribution in [0.15, 0.2) is 47.4 Å². The molecule has 0 radical (unpaired) electrons. The predicted molar refractivity (Wildman–Crippen MR) is 104 cm³/mol. The highest BCUT2D eigenvalue weighted by molar-refractivity contribution is 7.92. The van der Waals surface area contributed by atoms with E-state index in [4.69, 9.17) is 9.47 Å². The largest absolute Gasteiger partial charge is 0.497 e. The number of hydrogen-bond acceptors (Lipinski definition) is 5. The number of amides is 1. The Morgan fingerprint density at radius 1 is 1.18 bits per heavy atom. The van der Waals surface area contributed by atoms with E-state index >= 15 is 0 Å². The van der Waals surface area contributed by atoms with Crippen molar-refractivity contribution >= 4 is 15.7 Å². The summed E-state index contributed by atoms with van der Waals surface area (Å²) in [5, 5.41) is -1.21. The van der Waals surface area contributed by atoms with Gasteiger partial charge in [0.1, 0.15) is 11.5 Å². The molecule has 2 aliphatic heterocycles. The first-order valence-electron chi connectivity index (χ1n) is 9.12. The predicted octanol–water partition coefficient (Wildman–Crippen LogP) is 2.90. The molecular formula is C21H23NO5S. The van der Waals surface area contributed by atoms with Crippen LogP contribution < -0.4 is 9.47 Å². The first-order chi connectivity index (χ1) is 13.2. The molecule has 0 spiro atoms. The average Bonchev–Trinajstić information content (AvgIpc) is 2.66. The summed E-state index contributed by atoms with van der Waals surface area (Å²) in [5.41, 5.74) is 0.765. The molecule has 6 nitrogen and oxygen atoms in total. The number of benzene rings is 2. The number of carbonyl (C=O) groups excluding carboxylic acids is 1. The molecule has 1 fully saturated rings. The Balaban J connectivity index is 1.89. The molecule has 2 bridgehead atoms. The molecule has 4 rings (SSSR count). The number of fused-ring (bicyclic) bond motifs is 4. The van der Waals surface area contributed by atoms with Crippen LogP contribution in [0.3, 0.4) is 0 Å². The molecule has 0 N–H and O–H groups in total. The standard InChI is InChI=1S/C21H23NO5S/c1-13-5-8-15(9-6-13)28(24,25)19-17-12-21(2,22(3)20(19)23)27-18-10-7-14(26-4)11-16(17)18/h5-11,17,19H,12H2,1-4H3/t17-,19-,21+/m1/s1. The number of carbonyl (C=O) groups is 1. The third kappa shape index (κ3) is 2.68. The van der Waals surface area contributed by atoms with E-state index in [1.165, 1.54) is 4.90 Å². The van der Waals surface area contributed by atoms with Gasteiger partial charge in [-0.25, -0.2) is 8.42 Å². The minimum atomic E-state index is -3.89. The molecule has 2 aliphatic rings. The Morgan fingerprint density at radius 3 is 2.50 bits per heavy atom. The molecule has 148 valence electrons. The topological polar surface area (TPSA) is 72.9 Å². The molecule has 7 heteroatoms. The second kappa shape index (κ2) is 6.24. The van der Waals surface area contributed by atoms with Gasteiger partial charge in [0.15, 0.2) is 20.8 Å². The highest BCUT2D eigenvalue weighted by Crippen LogP contribution is 2.50. The van der Waals surface area contributed by atoms with Gasteiger partial charge < -0.3 is 14.4 Å². The van der Waals surface area contributed by atoms with E-state index in [2.05, 4.69) is 0 Å². The summed E-state index contributed by atoms with van der Waals surface area (Å²) < 4.78 is 38.4. The molecule has 2 heterocycles. The van der Waals surface area contributed by atoms with E-state index in [9.17, 15) is 13.2 Å². The van der Waals surface area contributed by atoms with E-state index in [0.717, 1.165) is 5.56 Å². The summed E-state index contributed by atoms with van der Waals surface area (Å²) in [5.74, 6) is 0.221. The molecule has 2 aromatic carbocycles. The maximum absolute atomic E-state index is 13.5. The van der Waals surface area contributed by atoms with Crippen molar-refractivity contribution in [1.29, 1.82) is 0 Å². The Kier molecular flexibility index (Phi) is 4.19. The first kappa shape index (κ1) is 18.8. The number of sulfone groups is 1. The normalized spacial score (nSPS) is 26.4. The molecule has 0 aliphatic carbocycles. The van der Waals surface area contributed by atoms with Gasteiger partial charge in [-0.05, 0) is 44.2 Å². The van der Waals surface area contributed by atoms with Crippen LogP contribution in [-0.2, 0) is 14.6 Å². The zero-order valence-corrected chi connectivity index (χ0v) is 17.1. The lowest BCUT2D eigenvalue weighted by molar-refractivity contribution is -0.159. The molecule has 0 aromatic heterocycles. The highest BCUT2D eigenvalue weighted by Gasteiger charge is 2.57. The lowest BCUT2D eigenvalue weighted by Gasteiger charge is -2.51. The van der Waals surface area contributed by atoms with Gasteiger partial charge in [-0.1, -0.05) is 17.7 Å². The number of nitrogens with zero attached hydrogens (tertiary/aromatic N) is 1. The highest BCUT2D eigenvalue weighted by atomic mass is 32.2. The average molecular weight is 401 g/mol. The minimum absolute atomic E-state index is 0.157. The fourth-order valence-electron chi connectivity index (χ4n) is 4.13. The summed E-state index contributed by atoms with van der Waals surface area (Å²) in [6.07, 6.45) is 0.394. The minimum Gasteiger partial charge on any atom is -0.497 e. The van der Waals surface area contributed by atoms with Crippen LogP contribution in [0, 0.1) is 6.92 Å². The van der Waals surface area contributed by atoms with Crippen LogP contribution in [0.2, 0.25) is 0 Å². The maximum Gasteiger partial charge on any atom is 0.244 e. The van der Waals surface area contributed by atoms with E-state index in [1.54, 1.807) is 56.6 Å². The van der Waals surface area contributed by atoms with Crippen LogP contribution in [0.25, 0.3) is 0 Å². The van der Waals surface area contributed by atoms with Crippen LogP contribution >= 0.6 is 0 Å². The van der Waals surface area contributed by atoms with Crippen LogP contribution in [-0.4, -0.2) is 44.4 Å². The number of likely N-dealkylation sites (tertiary alicyclic amines) is 1. The molecule has 0 unspecified atom stereocenters.